The highest BCUT2D eigenvalue weighted by Crippen LogP contribution is 2.28. The van der Waals surface area contributed by atoms with Gasteiger partial charge in [0.05, 0.1) is 6.26 Å². The van der Waals surface area contributed by atoms with E-state index in [1.165, 1.54) is 12.7 Å². The van der Waals surface area contributed by atoms with Crippen molar-refractivity contribution in [3.05, 3.63) is 34.2 Å². The van der Waals surface area contributed by atoms with Crippen LogP contribution in [0.5, 0.6) is 0 Å². The number of rotatable bonds is 8. The summed E-state index contributed by atoms with van der Waals surface area (Å²) in [6, 6.07) is 0.120. The Morgan fingerprint density at radius 3 is 2.37 bits per heavy atom. The highest BCUT2D eigenvalue weighted by atomic mass is 35.5. The topological polar surface area (TPSA) is 78.7 Å². The monoisotopic (exact) mass is 460 g/mol. The van der Waals surface area contributed by atoms with Crippen LogP contribution in [0.1, 0.15) is 72.1 Å². The Bertz CT molecular complexity index is 725. The molecule has 6 nitrogen and oxygen atoms in total. The Balaban J connectivity index is 0.00000218. The van der Waals surface area contributed by atoms with Crippen molar-refractivity contribution in [1.29, 1.82) is 0 Å². The smallest absolute Gasteiger partial charge is 0.211 e. The molecule has 2 rings (SSSR count). The van der Waals surface area contributed by atoms with Crippen LogP contribution in [0.2, 0.25) is 0 Å². The molecule has 0 radical (unpaired) electrons. The number of sulfonamides is 1. The van der Waals surface area contributed by atoms with E-state index in [9.17, 15) is 8.42 Å². The van der Waals surface area contributed by atoms with Gasteiger partial charge in [-0.2, -0.15) is 4.31 Å². The minimum atomic E-state index is -3.24. The van der Waals surface area contributed by atoms with Crippen LogP contribution in [-0.4, -0.2) is 50.1 Å². The SMILES string of the molecule is CC.CCC1=C(N(C)CCN(C2CCCCC2)S(C)(=O)=O)/C=C(/Cl)CC/C=C\1NN. The summed E-state index contributed by atoms with van der Waals surface area (Å²) in [5, 5.41) is 0.798. The summed E-state index contributed by atoms with van der Waals surface area (Å²) in [6.07, 6.45) is 13.1. The van der Waals surface area contributed by atoms with E-state index in [1.54, 1.807) is 4.31 Å². The van der Waals surface area contributed by atoms with Gasteiger partial charge in [-0.25, -0.2) is 8.42 Å². The van der Waals surface area contributed by atoms with E-state index in [1.807, 2.05) is 27.0 Å². The van der Waals surface area contributed by atoms with E-state index in [-0.39, 0.29) is 6.04 Å². The lowest BCUT2D eigenvalue weighted by molar-refractivity contribution is 0.237. The first-order chi connectivity index (χ1) is 14.3. The molecule has 2 aliphatic carbocycles. The zero-order valence-electron chi connectivity index (χ0n) is 19.4. The summed E-state index contributed by atoms with van der Waals surface area (Å²) in [6.45, 7) is 7.16. The van der Waals surface area contributed by atoms with Gasteiger partial charge in [0.1, 0.15) is 0 Å². The van der Waals surface area contributed by atoms with Crippen molar-refractivity contribution in [1.82, 2.24) is 14.6 Å². The van der Waals surface area contributed by atoms with Crippen molar-refractivity contribution >= 4 is 21.6 Å². The summed E-state index contributed by atoms with van der Waals surface area (Å²) in [5.41, 5.74) is 5.81. The van der Waals surface area contributed by atoms with Gasteiger partial charge in [0.25, 0.3) is 0 Å². The van der Waals surface area contributed by atoms with Gasteiger partial charge in [0.2, 0.25) is 10.0 Å². The lowest BCUT2D eigenvalue weighted by Gasteiger charge is -2.34. The zero-order valence-corrected chi connectivity index (χ0v) is 21.0. The molecule has 0 aromatic heterocycles. The van der Waals surface area contributed by atoms with E-state index in [4.69, 9.17) is 17.4 Å². The lowest BCUT2D eigenvalue weighted by Crippen LogP contribution is -2.44. The molecule has 0 heterocycles. The van der Waals surface area contributed by atoms with E-state index in [0.717, 1.165) is 66.9 Å². The number of likely N-dealkylation sites (N-methyl/N-ethyl adjacent to an activating group) is 1. The predicted octanol–water partition coefficient (Wildman–Crippen LogP) is 4.47. The highest BCUT2D eigenvalue weighted by Gasteiger charge is 2.28. The van der Waals surface area contributed by atoms with Crippen molar-refractivity contribution in [3.8, 4) is 0 Å². The number of hydrogen-bond donors (Lipinski definition) is 2. The number of hydrazine groups is 1. The molecule has 0 saturated heterocycles. The summed E-state index contributed by atoms with van der Waals surface area (Å²) >= 11 is 6.42. The number of hydrogen-bond acceptors (Lipinski definition) is 5. The van der Waals surface area contributed by atoms with Gasteiger partial charge >= 0.3 is 0 Å². The van der Waals surface area contributed by atoms with E-state index < -0.39 is 10.0 Å². The van der Waals surface area contributed by atoms with Gasteiger partial charge in [-0.1, -0.05) is 57.7 Å². The average molecular weight is 461 g/mol. The van der Waals surface area contributed by atoms with Gasteiger partial charge in [-0.05, 0) is 43.8 Å². The van der Waals surface area contributed by atoms with Gasteiger partial charge in [0, 0.05) is 42.6 Å². The Morgan fingerprint density at radius 2 is 1.83 bits per heavy atom. The minimum absolute atomic E-state index is 0.120. The van der Waals surface area contributed by atoms with Crippen LogP contribution < -0.4 is 11.3 Å². The lowest BCUT2D eigenvalue weighted by atomic mass is 9.95. The maximum Gasteiger partial charge on any atom is 0.211 e. The van der Waals surface area contributed by atoms with E-state index >= 15 is 0 Å². The fraction of sp³-hybridized carbons (Fsp3) is 0.727. The molecule has 8 heteroatoms. The molecule has 1 fully saturated rings. The summed E-state index contributed by atoms with van der Waals surface area (Å²) in [5.74, 6) is 5.75. The molecule has 174 valence electrons. The third-order valence-electron chi connectivity index (χ3n) is 5.64. The van der Waals surface area contributed by atoms with E-state index in [2.05, 4.69) is 23.3 Å². The Labute approximate surface area is 189 Å². The molecule has 0 bridgehead atoms. The fourth-order valence-electron chi connectivity index (χ4n) is 4.14. The minimum Gasteiger partial charge on any atom is -0.373 e. The van der Waals surface area contributed by atoms with Crippen molar-refractivity contribution in [2.45, 2.75) is 78.2 Å². The molecular formula is C22H41ClN4O2S. The molecule has 2 aliphatic rings. The second kappa shape index (κ2) is 13.4. The van der Waals surface area contributed by atoms with E-state index in [0.29, 0.717) is 13.1 Å². The second-order valence-corrected chi connectivity index (χ2v) is 10.1. The molecule has 30 heavy (non-hydrogen) atoms. The van der Waals surface area contributed by atoms with Crippen LogP contribution in [0.15, 0.2) is 34.2 Å². The molecule has 0 aromatic rings. The van der Waals surface area contributed by atoms with Gasteiger partial charge < -0.3 is 10.3 Å². The van der Waals surface area contributed by atoms with Crippen LogP contribution in [-0.2, 0) is 10.0 Å². The number of halogens is 1. The number of nitrogens with two attached hydrogens (primary N) is 1. The molecule has 0 aliphatic heterocycles. The first-order valence-corrected chi connectivity index (χ1v) is 13.4. The standard InChI is InChI=1S/C20H35ClN4O2S.C2H6/c1-4-18-19(23-22)12-8-9-16(21)15-20(18)24(2)13-14-25(28(3,26)27)17-10-6-5-7-11-17;1-2/h12,15,17,23H,4-11,13-14,22H2,1-3H3;1-2H3/b16-15+,19-12+,20-18+;. The number of nitrogens with zero attached hydrogens (tertiary/aromatic N) is 2. The largest absolute Gasteiger partial charge is 0.373 e. The molecule has 0 atom stereocenters. The summed E-state index contributed by atoms with van der Waals surface area (Å²) < 4.78 is 26.5. The van der Waals surface area contributed by atoms with Crippen molar-refractivity contribution in [2.75, 3.05) is 26.4 Å². The Kier molecular flexibility index (Phi) is 12.1. The third kappa shape index (κ3) is 7.91. The molecule has 3 N–H and O–H groups in total. The van der Waals surface area contributed by atoms with Crippen LogP contribution in [0.25, 0.3) is 0 Å². The molecule has 0 aromatic carbocycles. The number of nitrogens with one attached hydrogen (secondary N) is 1. The first-order valence-electron chi connectivity index (χ1n) is 11.2. The molecule has 0 spiro atoms. The van der Waals surface area contributed by atoms with Crippen molar-refractivity contribution < 1.29 is 8.42 Å². The van der Waals surface area contributed by atoms with Crippen molar-refractivity contribution in [3.63, 3.8) is 0 Å². The molecule has 1 saturated carbocycles. The van der Waals surface area contributed by atoms with Crippen LogP contribution in [0, 0.1) is 0 Å². The summed E-state index contributed by atoms with van der Waals surface area (Å²) in [7, 11) is -1.26. The number of allylic oxidation sites excluding steroid dienone is 4. The normalized spacial score (nSPS) is 24.5. The first kappa shape index (κ1) is 27.0. The molecule has 0 unspecified atom stereocenters. The Morgan fingerprint density at radius 1 is 1.20 bits per heavy atom. The van der Waals surface area contributed by atoms with Gasteiger partial charge in [-0.3, -0.25) is 5.84 Å². The van der Waals surface area contributed by atoms with Crippen LogP contribution >= 0.6 is 11.6 Å². The third-order valence-corrected chi connectivity index (χ3v) is 7.27. The maximum atomic E-state index is 12.4. The van der Waals surface area contributed by atoms with Crippen molar-refractivity contribution in [2.24, 2.45) is 5.84 Å². The summed E-state index contributed by atoms with van der Waals surface area (Å²) in [4.78, 5) is 2.10. The second-order valence-electron chi connectivity index (χ2n) is 7.70. The van der Waals surface area contributed by atoms with Gasteiger partial charge in [-0.15, -0.1) is 0 Å². The van der Waals surface area contributed by atoms with Crippen LogP contribution in [0.3, 0.4) is 0 Å². The van der Waals surface area contributed by atoms with Crippen LogP contribution in [0.4, 0.5) is 0 Å². The highest BCUT2D eigenvalue weighted by molar-refractivity contribution is 7.88. The quantitative estimate of drug-likeness (QED) is 0.412. The molecular weight excluding hydrogens is 420 g/mol. The van der Waals surface area contributed by atoms with Gasteiger partial charge in [0.15, 0.2) is 0 Å². The zero-order chi connectivity index (χ0) is 22.7. The fourth-order valence-corrected chi connectivity index (χ4v) is 5.52. The average Bonchev–Trinajstić information content (AvgIpc) is 2.72. The Hall–Kier alpha value is -1.02. The maximum absolute atomic E-state index is 12.4. The molecule has 0 amide bonds. The predicted molar refractivity (Wildman–Crippen MR) is 128 cm³/mol.